The third-order valence-corrected chi connectivity index (χ3v) is 2.65. The molecular formula is C10H15N3. The number of hydrogen-bond donors (Lipinski definition) is 1. The average Bonchev–Trinajstić information content (AvgIpc) is 2.13. The number of likely N-dealkylation sites (tertiary alicyclic amines) is 1. The minimum Gasteiger partial charge on any atom is -0.325 e. The van der Waals surface area contributed by atoms with Gasteiger partial charge in [0.2, 0.25) is 0 Å². The summed E-state index contributed by atoms with van der Waals surface area (Å²) in [6.07, 6.45) is 3.73. The highest BCUT2D eigenvalue weighted by molar-refractivity contribution is 5.14. The van der Waals surface area contributed by atoms with E-state index in [9.17, 15) is 0 Å². The maximum atomic E-state index is 5.73. The standard InChI is InChI=1S/C10H15N3/c1-8(13-6-10(11)7-13)9-3-2-4-12-5-9/h2-5,8,10H,6-7,11H2,1H3. The van der Waals surface area contributed by atoms with Gasteiger partial charge >= 0.3 is 0 Å². The molecule has 0 radical (unpaired) electrons. The summed E-state index contributed by atoms with van der Waals surface area (Å²) >= 11 is 0. The fourth-order valence-corrected chi connectivity index (χ4v) is 1.70. The van der Waals surface area contributed by atoms with Crippen molar-refractivity contribution in [3.63, 3.8) is 0 Å². The van der Waals surface area contributed by atoms with E-state index < -0.39 is 0 Å². The van der Waals surface area contributed by atoms with E-state index in [0.717, 1.165) is 13.1 Å². The minimum atomic E-state index is 0.374. The monoisotopic (exact) mass is 177 g/mol. The fraction of sp³-hybridized carbons (Fsp3) is 0.500. The number of hydrogen-bond acceptors (Lipinski definition) is 3. The Hall–Kier alpha value is -0.930. The molecule has 0 bridgehead atoms. The van der Waals surface area contributed by atoms with Gasteiger partial charge in [-0.3, -0.25) is 9.88 Å². The first kappa shape index (κ1) is 8.66. The molecule has 3 heteroatoms. The van der Waals surface area contributed by atoms with Gasteiger partial charge in [-0.1, -0.05) is 6.07 Å². The lowest BCUT2D eigenvalue weighted by molar-refractivity contribution is 0.103. The first-order valence-corrected chi connectivity index (χ1v) is 4.67. The fourth-order valence-electron chi connectivity index (χ4n) is 1.70. The predicted octanol–water partition coefficient (Wildman–Crippen LogP) is 0.786. The lowest BCUT2D eigenvalue weighted by Gasteiger charge is -2.41. The first-order chi connectivity index (χ1) is 6.27. The molecule has 2 N–H and O–H groups in total. The maximum Gasteiger partial charge on any atom is 0.0336 e. The molecule has 0 saturated carbocycles. The van der Waals surface area contributed by atoms with Gasteiger partial charge in [0.05, 0.1) is 0 Å². The van der Waals surface area contributed by atoms with Crippen molar-refractivity contribution in [1.29, 1.82) is 0 Å². The van der Waals surface area contributed by atoms with E-state index in [-0.39, 0.29) is 0 Å². The van der Waals surface area contributed by atoms with Crippen LogP contribution in [0.25, 0.3) is 0 Å². The van der Waals surface area contributed by atoms with Crippen LogP contribution in [0.1, 0.15) is 18.5 Å². The van der Waals surface area contributed by atoms with Crippen LogP contribution in [-0.4, -0.2) is 29.0 Å². The third-order valence-electron chi connectivity index (χ3n) is 2.65. The van der Waals surface area contributed by atoms with Crippen LogP contribution in [0.4, 0.5) is 0 Å². The first-order valence-electron chi connectivity index (χ1n) is 4.67. The molecule has 2 heterocycles. The van der Waals surface area contributed by atoms with Crippen molar-refractivity contribution in [2.75, 3.05) is 13.1 Å². The average molecular weight is 177 g/mol. The van der Waals surface area contributed by atoms with Gasteiger partial charge < -0.3 is 5.73 Å². The number of aromatic nitrogens is 1. The Kier molecular flexibility index (Phi) is 2.29. The lowest BCUT2D eigenvalue weighted by Crippen LogP contribution is -2.56. The smallest absolute Gasteiger partial charge is 0.0336 e. The molecule has 1 aliphatic rings. The molecule has 1 aromatic heterocycles. The number of nitrogens with zero attached hydrogens (tertiary/aromatic N) is 2. The van der Waals surface area contributed by atoms with Crippen molar-refractivity contribution in [2.45, 2.75) is 19.0 Å². The van der Waals surface area contributed by atoms with Gasteiger partial charge in [-0.05, 0) is 18.6 Å². The largest absolute Gasteiger partial charge is 0.325 e. The quantitative estimate of drug-likeness (QED) is 0.726. The van der Waals surface area contributed by atoms with Crippen molar-refractivity contribution >= 4 is 0 Å². The Morgan fingerprint density at radius 1 is 1.62 bits per heavy atom. The molecule has 1 aliphatic heterocycles. The van der Waals surface area contributed by atoms with Crippen molar-refractivity contribution in [2.24, 2.45) is 5.73 Å². The molecule has 0 aliphatic carbocycles. The summed E-state index contributed by atoms with van der Waals surface area (Å²) in [6, 6.07) is 4.92. The van der Waals surface area contributed by atoms with Crippen LogP contribution in [0.2, 0.25) is 0 Å². The molecular weight excluding hydrogens is 162 g/mol. The Morgan fingerprint density at radius 2 is 2.38 bits per heavy atom. The molecule has 1 aromatic rings. The van der Waals surface area contributed by atoms with E-state index in [1.165, 1.54) is 5.56 Å². The van der Waals surface area contributed by atoms with E-state index in [1.807, 2.05) is 12.3 Å². The van der Waals surface area contributed by atoms with Crippen LogP contribution in [0, 0.1) is 0 Å². The lowest BCUT2D eigenvalue weighted by atomic mass is 10.0. The normalized spacial score (nSPS) is 21.1. The molecule has 13 heavy (non-hydrogen) atoms. The second-order valence-electron chi connectivity index (χ2n) is 3.68. The molecule has 70 valence electrons. The van der Waals surface area contributed by atoms with Gasteiger partial charge in [0.15, 0.2) is 0 Å². The second kappa shape index (κ2) is 3.44. The van der Waals surface area contributed by atoms with Crippen LogP contribution < -0.4 is 5.73 Å². The summed E-state index contributed by atoms with van der Waals surface area (Å²) < 4.78 is 0. The molecule has 2 rings (SSSR count). The van der Waals surface area contributed by atoms with Crippen LogP contribution in [0.5, 0.6) is 0 Å². The van der Waals surface area contributed by atoms with E-state index in [0.29, 0.717) is 12.1 Å². The second-order valence-corrected chi connectivity index (χ2v) is 3.68. The van der Waals surface area contributed by atoms with Crippen molar-refractivity contribution < 1.29 is 0 Å². The van der Waals surface area contributed by atoms with Crippen LogP contribution in [-0.2, 0) is 0 Å². The van der Waals surface area contributed by atoms with Gasteiger partial charge in [0.25, 0.3) is 0 Å². The maximum absolute atomic E-state index is 5.73. The summed E-state index contributed by atoms with van der Waals surface area (Å²) in [4.78, 5) is 6.47. The van der Waals surface area contributed by atoms with E-state index >= 15 is 0 Å². The topological polar surface area (TPSA) is 42.2 Å². The zero-order valence-corrected chi connectivity index (χ0v) is 7.85. The number of pyridine rings is 1. The van der Waals surface area contributed by atoms with Gasteiger partial charge in [-0.15, -0.1) is 0 Å². The van der Waals surface area contributed by atoms with Crippen molar-refractivity contribution in [3.8, 4) is 0 Å². The molecule has 1 fully saturated rings. The van der Waals surface area contributed by atoms with Crippen LogP contribution in [0.3, 0.4) is 0 Å². The SMILES string of the molecule is CC(c1cccnc1)N1CC(N)C1. The highest BCUT2D eigenvalue weighted by Crippen LogP contribution is 2.23. The Balaban J connectivity index is 2.02. The van der Waals surface area contributed by atoms with Crippen LogP contribution >= 0.6 is 0 Å². The summed E-state index contributed by atoms with van der Waals surface area (Å²) in [5, 5.41) is 0. The van der Waals surface area contributed by atoms with E-state index in [1.54, 1.807) is 6.20 Å². The molecule has 1 atom stereocenters. The Labute approximate surface area is 78.6 Å². The van der Waals surface area contributed by atoms with Crippen LogP contribution in [0.15, 0.2) is 24.5 Å². The molecule has 1 saturated heterocycles. The summed E-state index contributed by atoms with van der Waals surface area (Å²) in [5.74, 6) is 0. The summed E-state index contributed by atoms with van der Waals surface area (Å²) in [6.45, 7) is 4.22. The van der Waals surface area contributed by atoms with Gasteiger partial charge in [-0.25, -0.2) is 0 Å². The highest BCUT2D eigenvalue weighted by Gasteiger charge is 2.27. The van der Waals surface area contributed by atoms with Crippen molar-refractivity contribution in [1.82, 2.24) is 9.88 Å². The molecule has 3 nitrogen and oxygen atoms in total. The molecule has 0 amide bonds. The molecule has 0 aromatic carbocycles. The molecule has 1 unspecified atom stereocenters. The zero-order valence-electron chi connectivity index (χ0n) is 7.85. The minimum absolute atomic E-state index is 0.374. The van der Waals surface area contributed by atoms with Crippen molar-refractivity contribution in [3.05, 3.63) is 30.1 Å². The number of rotatable bonds is 2. The van der Waals surface area contributed by atoms with Gasteiger partial charge in [-0.2, -0.15) is 0 Å². The van der Waals surface area contributed by atoms with E-state index in [2.05, 4.69) is 22.9 Å². The number of nitrogens with two attached hydrogens (primary N) is 1. The highest BCUT2D eigenvalue weighted by atomic mass is 15.2. The van der Waals surface area contributed by atoms with Gasteiger partial charge in [0.1, 0.15) is 0 Å². The predicted molar refractivity (Wildman–Crippen MR) is 52.2 cm³/mol. The Bertz CT molecular complexity index is 267. The summed E-state index contributed by atoms with van der Waals surface area (Å²) in [5.41, 5.74) is 7.00. The van der Waals surface area contributed by atoms with Gasteiger partial charge in [0, 0.05) is 37.6 Å². The Morgan fingerprint density at radius 3 is 2.92 bits per heavy atom. The third kappa shape index (κ3) is 1.71. The van der Waals surface area contributed by atoms with E-state index in [4.69, 9.17) is 5.73 Å². The zero-order chi connectivity index (χ0) is 9.26. The molecule has 0 spiro atoms. The summed E-state index contributed by atoms with van der Waals surface area (Å²) in [7, 11) is 0.